The van der Waals surface area contributed by atoms with E-state index in [4.69, 9.17) is 27.9 Å². The van der Waals surface area contributed by atoms with Gasteiger partial charge in [-0.1, -0.05) is 77.8 Å². The number of sulfonamides is 1. The van der Waals surface area contributed by atoms with E-state index in [1.54, 1.807) is 48.5 Å². The quantitative estimate of drug-likeness (QED) is 0.218. The zero-order valence-electron chi connectivity index (χ0n) is 23.6. The molecule has 224 valence electrons. The van der Waals surface area contributed by atoms with E-state index in [0.29, 0.717) is 21.4 Å². The molecule has 0 saturated carbocycles. The van der Waals surface area contributed by atoms with Crippen molar-refractivity contribution in [3.8, 4) is 5.75 Å². The van der Waals surface area contributed by atoms with Crippen LogP contribution in [0, 0.1) is 0 Å². The number of methoxy groups -OCH3 is 1. The van der Waals surface area contributed by atoms with Crippen molar-refractivity contribution in [2.24, 2.45) is 0 Å². The van der Waals surface area contributed by atoms with Crippen LogP contribution in [0.25, 0.3) is 0 Å². The molecule has 1 N–H and O–H groups in total. The minimum absolute atomic E-state index is 0.0237. The first-order chi connectivity index (χ1) is 20.6. The second-order valence-electron chi connectivity index (χ2n) is 9.60. The second kappa shape index (κ2) is 14.4. The fraction of sp³-hybridized carbons (Fsp3) is 0.188. The summed E-state index contributed by atoms with van der Waals surface area (Å²) in [6.45, 7) is -0.642. The average Bonchev–Trinajstić information content (AvgIpc) is 3.02. The third-order valence-corrected chi connectivity index (χ3v) is 9.22. The Morgan fingerprint density at radius 2 is 1.51 bits per heavy atom. The average molecular weight is 641 g/mol. The lowest BCUT2D eigenvalue weighted by Crippen LogP contribution is -2.53. The number of carbonyl (C=O) groups is 2. The SMILES string of the molecule is CNC(=O)[C@H](Cc1ccccc1)N(Cc1ccc(Cl)cc1Cl)C(=O)CN(c1ccccc1)S(=O)(=O)c1ccc(OC)cc1. The third kappa shape index (κ3) is 7.87. The smallest absolute Gasteiger partial charge is 0.264 e. The zero-order valence-corrected chi connectivity index (χ0v) is 25.9. The maximum absolute atomic E-state index is 14.3. The number of hydrogen-bond donors (Lipinski definition) is 1. The van der Waals surface area contributed by atoms with Crippen LogP contribution in [-0.4, -0.2) is 51.9 Å². The molecule has 1 atom stereocenters. The lowest BCUT2D eigenvalue weighted by molar-refractivity contribution is -0.139. The summed E-state index contributed by atoms with van der Waals surface area (Å²) < 4.78 is 34.2. The van der Waals surface area contributed by atoms with E-state index in [1.165, 1.54) is 43.3 Å². The fourth-order valence-corrected chi connectivity index (χ4v) is 6.43. The third-order valence-electron chi connectivity index (χ3n) is 6.84. The molecule has 0 bridgehead atoms. The van der Waals surface area contributed by atoms with Crippen molar-refractivity contribution in [1.29, 1.82) is 0 Å². The van der Waals surface area contributed by atoms with Crippen LogP contribution in [0.1, 0.15) is 11.1 Å². The van der Waals surface area contributed by atoms with Crippen molar-refractivity contribution in [3.05, 3.63) is 124 Å². The maximum Gasteiger partial charge on any atom is 0.264 e. The number of benzene rings is 4. The highest BCUT2D eigenvalue weighted by atomic mass is 35.5. The van der Waals surface area contributed by atoms with E-state index in [0.717, 1.165) is 9.87 Å². The molecule has 43 heavy (non-hydrogen) atoms. The summed E-state index contributed by atoms with van der Waals surface area (Å²) in [6.07, 6.45) is 0.189. The van der Waals surface area contributed by atoms with Crippen molar-refractivity contribution < 1.29 is 22.7 Å². The fourth-order valence-electron chi connectivity index (χ4n) is 4.55. The molecule has 0 unspecified atom stereocenters. The van der Waals surface area contributed by atoms with Gasteiger partial charge in [0, 0.05) is 30.1 Å². The molecule has 2 amide bonds. The van der Waals surface area contributed by atoms with Gasteiger partial charge < -0.3 is 15.0 Å². The number of carbonyl (C=O) groups excluding carboxylic acids is 2. The van der Waals surface area contributed by atoms with Crippen LogP contribution in [0.15, 0.2) is 108 Å². The standard InChI is InChI=1S/C32H31Cl2N3O5S/c1-35-32(39)30(19-23-9-5-3-6-10-23)36(21-24-13-14-25(33)20-29(24)34)31(38)22-37(26-11-7-4-8-12-26)43(40,41)28-17-15-27(42-2)16-18-28/h3-18,20,30H,19,21-22H2,1-2H3,(H,35,39)/t30-/m0/s1. The molecule has 8 nitrogen and oxygen atoms in total. The monoisotopic (exact) mass is 639 g/mol. The Morgan fingerprint density at radius 3 is 2.09 bits per heavy atom. The molecular weight excluding hydrogens is 609 g/mol. The van der Waals surface area contributed by atoms with Crippen molar-refractivity contribution >= 4 is 50.7 Å². The van der Waals surface area contributed by atoms with Gasteiger partial charge in [0.05, 0.1) is 17.7 Å². The lowest BCUT2D eigenvalue weighted by atomic mass is 10.0. The number of anilines is 1. The van der Waals surface area contributed by atoms with Crippen LogP contribution < -0.4 is 14.4 Å². The van der Waals surface area contributed by atoms with Gasteiger partial charge in [-0.05, 0) is 59.7 Å². The van der Waals surface area contributed by atoms with Crippen molar-refractivity contribution in [2.45, 2.75) is 23.9 Å². The van der Waals surface area contributed by atoms with Crippen LogP contribution in [0.5, 0.6) is 5.75 Å². The van der Waals surface area contributed by atoms with Crippen molar-refractivity contribution in [3.63, 3.8) is 0 Å². The molecule has 0 aliphatic carbocycles. The molecule has 0 saturated heterocycles. The van der Waals surface area contributed by atoms with Gasteiger partial charge in [0.1, 0.15) is 18.3 Å². The van der Waals surface area contributed by atoms with Gasteiger partial charge in [-0.3, -0.25) is 13.9 Å². The highest BCUT2D eigenvalue weighted by Gasteiger charge is 2.34. The first-order valence-corrected chi connectivity index (χ1v) is 15.5. The highest BCUT2D eigenvalue weighted by Crippen LogP contribution is 2.27. The number of para-hydroxylation sites is 1. The maximum atomic E-state index is 14.3. The van der Waals surface area contributed by atoms with Gasteiger partial charge in [0.15, 0.2) is 0 Å². The highest BCUT2D eigenvalue weighted by molar-refractivity contribution is 7.92. The van der Waals surface area contributed by atoms with E-state index in [-0.39, 0.29) is 23.5 Å². The van der Waals surface area contributed by atoms with Crippen molar-refractivity contribution in [1.82, 2.24) is 10.2 Å². The largest absolute Gasteiger partial charge is 0.497 e. The molecule has 0 aliphatic rings. The summed E-state index contributed by atoms with van der Waals surface area (Å²) in [6, 6.07) is 27.4. The van der Waals surface area contributed by atoms with Crippen LogP contribution in [0.3, 0.4) is 0 Å². The predicted octanol–water partition coefficient (Wildman–Crippen LogP) is 5.58. The molecule has 0 radical (unpaired) electrons. The second-order valence-corrected chi connectivity index (χ2v) is 12.3. The Hall–Kier alpha value is -4.05. The van der Waals surface area contributed by atoms with Gasteiger partial charge in [0.2, 0.25) is 11.8 Å². The number of nitrogens with zero attached hydrogens (tertiary/aromatic N) is 2. The van der Waals surface area contributed by atoms with Gasteiger partial charge in [-0.15, -0.1) is 0 Å². The summed E-state index contributed by atoms with van der Waals surface area (Å²) in [7, 11) is -1.25. The normalized spacial score (nSPS) is 11.8. The van der Waals surface area contributed by atoms with Gasteiger partial charge >= 0.3 is 0 Å². The van der Waals surface area contributed by atoms with Crippen LogP contribution >= 0.6 is 23.2 Å². The number of likely N-dealkylation sites (N-methyl/N-ethyl adjacent to an activating group) is 1. The Bertz CT molecular complexity index is 1650. The number of hydrogen-bond acceptors (Lipinski definition) is 5. The number of ether oxygens (including phenoxy) is 1. The molecule has 4 aromatic carbocycles. The Kier molecular flexibility index (Phi) is 10.7. The molecule has 11 heteroatoms. The van der Waals surface area contributed by atoms with Gasteiger partial charge in [-0.2, -0.15) is 0 Å². The number of nitrogens with one attached hydrogen (secondary N) is 1. The zero-order chi connectivity index (χ0) is 31.0. The van der Waals surface area contributed by atoms with Gasteiger partial charge in [0.25, 0.3) is 10.0 Å². The van der Waals surface area contributed by atoms with Crippen LogP contribution in [0.2, 0.25) is 10.0 Å². The van der Waals surface area contributed by atoms with E-state index < -0.39 is 34.4 Å². The Balaban J connectivity index is 1.78. The molecule has 4 aromatic rings. The lowest BCUT2D eigenvalue weighted by Gasteiger charge is -2.33. The molecule has 0 fully saturated rings. The van der Waals surface area contributed by atoms with E-state index in [1.807, 2.05) is 30.3 Å². The molecule has 0 spiro atoms. The first kappa shape index (κ1) is 31.9. The number of amides is 2. The minimum Gasteiger partial charge on any atom is -0.497 e. The Labute approximate surface area is 261 Å². The summed E-state index contributed by atoms with van der Waals surface area (Å²) in [5.74, 6) is -0.523. The Morgan fingerprint density at radius 1 is 0.884 bits per heavy atom. The van der Waals surface area contributed by atoms with Crippen LogP contribution in [-0.2, 0) is 32.6 Å². The molecule has 0 aliphatic heterocycles. The van der Waals surface area contributed by atoms with E-state index >= 15 is 0 Å². The van der Waals surface area contributed by atoms with Crippen LogP contribution in [0.4, 0.5) is 5.69 Å². The van der Waals surface area contributed by atoms with E-state index in [2.05, 4.69) is 5.32 Å². The van der Waals surface area contributed by atoms with Crippen molar-refractivity contribution in [2.75, 3.05) is 25.0 Å². The summed E-state index contributed by atoms with van der Waals surface area (Å²) in [5.41, 5.74) is 1.66. The summed E-state index contributed by atoms with van der Waals surface area (Å²) in [4.78, 5) is 29.0. The predicted molar refractivity (Wildman–Crippen MR) is 169 cm³/mol. The molecule has 4 rings (SSSR count). The van der Waals surface area contributed by atoms with E-state index in [9.17, 15) is 18.0 Å². The number of rotatable bonds is 12. The molecule has 0 aromatic heterocycles. The number of halogens is 2. The molecular formula is C32H31Cl2N3O5S. The minimum atomic E-state index is -4.22. The molecule has 0 heterocycles. The summed E-state index contributed by atoms with van der Waals surface area (Å²) >= 11 is 12.6. The van der Waals surface area contributed by atoms with Gasteiger partial charge in [-0.25, -0.2) is 8.42 Å². The summed E-state index contributed by atoms with van der Waals surface area (Å²) in [5, 5.41) is 3.38. The first-order valence-electron chi connectivity index (χ1n) is 13.3. The topological polar surface area (TPSA) is 96.0 Å².